The van der Waals surface area contributed by atoms with Crippen LogP contribution in [0.15, 0.2) is 35.3 Å². The number of benzene rings is 2. The van der Waals surface area contributed by atoms with Crippen molar-refractivity contribution in [1.29, 1.82) is 0 Å². The van der Waals surface area contributed by atoms with Crippen LogP contribution >= 0.6 is 11.6 Å². The molecule has 0 bridgehead atoms. The smallest absolute Gasteiger partial charge is 0.303 e. The SMILES string of the molecule is Cc1c(CCC(=O)O)cc(CCc2ccc(Cl)cc2)c(C2=NC(C(N)=O)CO2)c1C1CCCC1. The molecule has 7 heteroatoms. The van der Waals surface area contributed by atoms with Crippen molar-refractivity contribution in [1.82, 2.24) is 0 Å². The summed E-state index contributed by atoms with van der Waals surface area (Å²) in [7, 11) is 0. The Balaban J connectivity index is 1.81. The molecule has 0 saturated heterocycles. The fourth-order valence-electron chi connectivity index (χ4n) is 5.19. The predicted octanol–water partition coefficient (Wildman–Crippen LogP) is 4.74. The largest absolute Gasteiger partial charge is 0.481 e. The van der Waals surface area contributed by atoms with Gasteiger partial charge in [-0.15, -0.1) is 0 Å². The van der Waals surface area contributed by atoms with E-state index in [1.807, 2.05) is 24.3 Å². The molecule has 1 atom stereocenters. The van der Waals surface area contributed by atoms with Crippen molar-refractivity contribution in [2.45, 2.75) is 70.3 Å². The molecule has 2 aliphatic rings. The lowest BCUT2D eigenvalue weighted by Crippen LogP contribution is -2.27. The number of hydrogen-bond donors (Lipinski definition) is 2. The van der Waals surface area contributed by atoms with Crippen LogP contribution in [0.25, 0.3) is 0 Å². The quantitative estimate of drug-likeness (QED) is 0.538. The molecule has 2 aromatic carbocycles. The Morgan fingerprint density at radius 1 is 1.12 bits per heavy atom. The van der Waals surface area contributed by atoms with Crippen molar-refractivity contribution in [2.75, 3.05) is 6.61 Å². The second-order valence-electron chi connectivity index (χ2n) is 9.27. The number of halogens is 1. The fraction of sp³-hybridized carbons (Fsp3) is 0.444. The number of nitrogens with zero attached hydrogens (tertiary/aromatic N) is 1. The molecular weight excluding hydrogens is 452 g/mol. The first-order valence-corrected chi connectivity index (χ1v) is 12.3. The number of amides is 1. The molecular formula is C27H31ClN2O4. The van der Waals surface area contributed by atoms with E-state index in [1.165, 1.54) is 18.4 Å². The molecule has 1 heterocycles. The zero-order valence-corrected chi connectivity index (χ0v) is 20.2. The lowest BCUT2D eigenvalue weighted by Gasteiger charge is -2.24. The molecule has 1 saturated carbocycles. The second kappa shape index (κ2) is 10.6. The molecule has 0 aromatic heterocycles. The van der Waals surface area contributed by atoms with Gasteiger partial charge >= 0.3 is 5.97 Å². The van der Waals surface area contributed by atoms with Crippen LogP contribution in [-0.4, -0.2) is 35.5 Å². The minimum absolute atomic E-state index is 0.0854. The van der Waals surface area contributed by atoms with E-state index in [-0.39, 0.29) is 13.0 Å². The first-order valence-electron chi connectivity index (χ1n) is 11.9. The monoisotopic (exact) mass is 482 g/mol. The number of carbonyl (C=O) groups is 2. The number of aryl methyl sites for hydroxylation is 3. The fourth-order valence-corrected chi connectivity index (χ4v) is 5.31. The number of primary amides is 1. The van der Waals surface area contributed by atoms with Gasteiger partial charge < -0.3 is 15.6 Å². The van der Waals surface area contributed by atoms with Gasteiger partial charge in [-0.2, -0.15) is 0 Å². The normalized spacial score (nSPS) is 18.1. The first kappa shape index (κ1) is 24.3. The molecule has 1 aliphatic heterocycles. The van der Waals surface area contributed by atoms with E-state index in [0.717, 1.165) is 53.5 Å². The topological polar surface area (TPSA) is 102 Å². The minimum atomic E-state index is -0.804. The average molecular weight is 483 g/mol. The molecule has 34 heavy (non-hydrogen) atoms. The second-order valence-corrected chi connectivity index (χ2v) is 9.71. The van der Waals surface area contributed by atoms with E-state index in [4.69, 9.17) is 22.1 Å². The van der Waals surface area contributed by atoms with E-state index in [2.05, 4.69) is 18.0 Å². The number of hydrogen-bond acceptors (Lipinski definition) is 4. The van der Waals surface area contributed by atoms with E-state index in [1.54, 1.807) is 0 Å². The number of carbonyl (C=O) groups excluding carboxylic acids is 1. The van der Waals surface area contributed by atoms with Crippen LogP contribution in [0.3, 0.4) is 0 Å². The maximum Gasteiger partial charge on any atom is 0.303 e. The lowest BCUT2D eigenvalue weighted by molar-refractivity contribution is -0.137. The summed E-state index contributed by atoms with van der Waals surface area (Å²) >= 11 is 6.05. The number of carboxylic acids is 1. The van der Waals surface area contributed by atoms with Crippen molar-refractivity contribution >= 4 is 29.4 Å². The molecule has 180 valence electrons. The number of aliphatic imine (C=N–C) groups is 1. The van der Waals surface area contributed by atoms with Crippen LogP contribution in [0, 0.1) is 6.92 Å². The molecule has 6 nitrogen and oxygen atoms in total. The standard InChI is InChI=1S/C27H31ClN2O4/c1-16-19(10-13-23(31)32)14-20(9-6-17-7-11-21(28)12-8-17)25(24(16)18-4-2-3-5-18)27-30-22(15-34-27)26(29)33/h7-8,11-12,14,18,22H,2-6,9-10,13,15H2,1H3,(H2,29,33)(H,31,32). The Morgan fingerprint density at radius 3 is 2.44 bits per heavy atom. The Morgan fingerprint density at radius 2 is 1.82 bits per heavy atom. The molecule has 0 radical (unpaired) electrons. The van der Waals surface area contributed by atoms with Crippen LogP contribution in [0.5, 0.6) is 0 Å². The van der Waals surface area contributed by atoms with Crippen molar-refractivity contribution in [3.8, 4) is 0 Å². The third-order valence-corrected chi connectivity index (χ3v) is 7.24. The van der Waals surface area contributed by atoms with Crippen molar-refractivity contribution in [3.63, 3.8) is 0 Å². The summed E-state index contributed by atoms with van der Waals surface area (Å²) in [4.78, 5) is 27.7. The third-order valence-electron chi connectivity index (χ3n) is 6.99. The third kappa shape index (κ3) is 5.44. The van der Waals surface area contributed by atoms with Gasteiger partial charge in [0.05, 0.1) is 0 Å². The molecule has 4 rings (SSSR count). The molecule has 1 aliphatic carbocycles. The number of aliphatic carboxylic acids is 1. The highest BCUT2D eigenvalue weighted by molar-refractivity contribution is 6.30. The summed E-state index contributed by atoms with van der Waals surface area (Å²) < 4.78 is 5.95. The highest BCUT2D eigenvalue weighted by Crippen LogP contribution is 2.41. The number of rotatable bonds is 9. The van der Waals surface area contributed by atoms with Gasteiger partial charge in [-0.05, 0) is 84.9 Å². The Bertz CT molecular complexity index is 1100. The number of nitrogens with two attached hydrogens (primary N) is 1. The van der Waals surface area contributed by atoms with E-state index < -0.39 is 17.9 Å². The van der Waals surface area contributed by atoms with E-state index >= 15 is 0 Å². The molecule has 3 N–H and O–H groups in total. The van der Waals surface area contributed by atoms with Crippen LogP contribution in [0.1, 0.15) is 71.4 Å². The molecule has 1 unspecified atom stereocenters. The van der Waals surface area contributed by atoms with Crippen molar-refractivity contribution < 1.29 is 19.4 Å². The van der Waals surface area contributed by atoms with Crippen molar-refractivity contribution in [2.24, 2.45) is 10.7 Å². The minimum Gasteiger partial charge on any atom is -0.481 e. The van der Waals surface area contributed by atoms with Crippen LogP contribution in [0.4, 0.5) is 0 Å². The van der Waals surface area contributed by atoms with E-state index in [9.17, 15) is 14.7 Å². The lowest BCUT2D eigenvalue weighted by atomic mass is 9.81. The van der Waals surface area contributed by atoms with E-state index in [0.29, 0.717) is 23.3 Å². The van der Waals surface area contributed by atoms with Crippen LogP contribution in [0.2, 0.25) is 5.02 Å². The van der Waals surface area contributed by atoms with Crippen LogP contribution < -0.4 is 5.73 Å². The molecule has 0 spiro atoms. The maximum atomic E-state index is 11.8. The van der Waals surface area contributed by atoms with Gasteiger partial charge in [0.25, 0.3) is 0 Å². The first-order chi connectivity index (χ1) is 16.3. The number of ether oxygens (including phenoxy) is 1. The van der Waals surface area contributed by atoms with Gasteiger partial charge in [0.1, 0.15) is 6.61 Å². The summed E-state index contributed by atoms with van der Waals surface area (Å²) in [5.41, 5.74) is 12.1. The van der Waals surface area contributed by atoms with Gasteiger partial charge in [0.2, 0.25) is 11.8 Å². The summed E-state index contributed by atoms with van der Waals surface area (Å²) in [6.07, 6.45) is 6.59. The molecule has 2 aromatic rings. The van der Waals surface area contributed by atoms with Gasteiger partial charge in [-0.3, -0.25) is 9.59 Å². The Hall–Kier alpha value is -2.86. The van der Waals surface area contributed by atoms with Gasteiger partial charge in [-0.1, -0.05) is 42.6 Å². The Labute approximate surface area is 205 Å². The zero-order chi connectivity index (χ0) is 24.2. The number of carboxylic acid groups (broad SMARTS) is 1. The Kier molecular flexibility index (Phi) is 7.57. The van der Waals surface area contributed by atoms with Gasteiger partial charge in [-0.25, -0.2) is 4.99 Å². The zero-order valence-electron chi connectivity index (χ0n) is 19.5. The predicted molar refractivity (Wildman–Crippen MR) is 133 cm³/mol. The van der Waals surface area contributed by atoms with Crippen LogP contribution in [-0.2, 0) is 33.6 Å². The molecule has 1 amide bonds. The summed E-state index contributed by atoms with van der Waals surface area (Å²) in [5, 5.41) is 10.0. The summed E-state index contributed by atoms with van der Waals surface area (Å²) in [6, 6.07) is 9.25. The maximum absolute atomic E-state index is 11.8. The van der Waals surface area contributed by atoms with Gasteiger partial charge in [0.15, 0.2) is 6.04 Å². The highest BCUT2D eigenvalue weighted by Gasteiger charge is 2.32. The molecule has 1 fully saturated rings. The summed E-state index contributed by atoms with van der Waals surface area (Å²) in [6.45, 7) is 2.24. The van der Waals surface area contributed by atoms with Crippen molar-refractivity contribution in [3.05, 3.63) is 68.7 Å². The van der Waals surface area contributed by atoms with Gasteiger partial charge in [0, 0.05) is 17.0 Å². The highest BCUT2D eigenvalue weighted by atomic mass is 35.5. The summed E-state index contributed by atoms with van der Waals surface area (Å²) in [5.74, 6) is -0.436. The average Bonchev–Trinajstić information content (AvgIpc) is 3.50.